The Morgan fingerprint density at radius 3 is 1.88 bits per heavy atom. The Morgan fingerprint density at radius 1 is 1.00 bits per heavy atom. The first-order chi connectivity index (χ1) is 7.29. The van der Waals surface area contributed by atoms with Gasteiger partial charge in [0.15, 0.2) is 0 Å². The van der Waals surface area contributed by atoms with Crippen molar-refractivity contribution in [3.63, 3.8) is 0 Å². The van der Waals surface area contributed by atoms with Gasteiger partial charge in [-0.2, -0.15) is 12.8 Å². The average Bonchev–Trinajstić information content (AvgIpc) is 2.76. The SMILES string of the molecule is [CH-]1CCCC1.[CH3+].[CH3+].[Cl][Ru]([Cl])=[CH]c1ccccc1. The summed E-state index contributed by atoms with van der Waals surface area (Å²) in [7, 11) is 11.3. The molecule has 2 rings (SSSR count). The van der Waals surface area contributed by atoms with E-state index < -0.39 is 13.5 Å². The van der Waals surface area contributed by atoms with Gasteiger partial charge in [0.25, 0.3) is 0 Å². The molecule has 0 aromatic heterocycles. The van der Waals surface area contributed by atoms with E-state index in [2.05, 4.69) is 6.42 Å². The summed E-state index contributed by atoms with van der Waals surface area (Å²) in [6.07, 6.45) is 8.00. The first-order valence-corrected chi connectivity index (χ1v) is 10.5. The summed E-state index contributed by atoms with van der Waals surface area (Å²) in [6, 6.07) is 9.89. The molecule has 3 heteroatoms. The Balaban J connectivity index is 0. The fourth-order valence-electron chi connectivity index (χ4n) is 1.33. The second kappa shape index (κ2) is 12.5. The van der Waals surface area contributed by atoms with Crippen LogP contribution in [0, 0.1) is 21.3 Å². The Bertz CT molecular complexity index is 281. The van der Waals surface area contributed by atoms with Crippen LogP contribution in [0.1, 0.15) is 31.2 Å². The molecule has 0 unspecified atom stereocenters. The molecule has 0 nitrogen and oxygen atoms in total. The third-order valence-electron chi connectivity index (χ3n) is 2.06. The van der Waals surface area contributed by atoms with Gasteiger partial charge < -0.3 is 6.42 Å². The first-order valence-electron chi connectivity index (χ1n) is 4.99. The summed E-state index contributed by atoms with van der Waals surface area (Å²) >= 11 is -1.61. The Hall–Kier alpha value is 0.0334. The molecule has 0 aliphatic heterocycles. The zero-order valence-electron chi connectivity index (χ0n) is 10.5. The minimum absolute atomic E-state index is 0. The second-order valence-corrected chi connectivity index (χ2v) is 9.02. The summed E-state index contributed by atoms with van der Waals surface area (Å²) in [6.45, 7) is 0. The van der Waals surface area contributed by atoms with E-state index in [-0.39, 0.29) is 14.9 Å². The second-order valence-electron chi connectivity index (χ2n) is 3.29. The van der Waals surface area contributed by atoms with Crippen molar-refractivity contribution < 1.29 is 13.5 Å². The standard InChI is InChI=1S/C7H6.C5H9.2CH3.2ClH.Ru/c1-7-5-3-2-4-6-7;1-2-4-5-3-1;;;;;/h1-6H;1H,2-5H2;2*1H3;2*1H;/q;-1;2*+1;;;+2/p-2. The molecule has 0 atom stereocenters. The van der Waals surface area contributed by atoms with Crippen molar-refractivity contribution in [2.24, 2.45) is 0 Å². The molecule has 1 aromatic carbocycles. The van der Waals surface area contributed by atoms with Crippen molar-refractivity contribution in [1.82, 2.24) is 0 Å². The molecule has 1 fully saturated rings. The zero-order valence-corrected chi connectivity index (χ0v) is 13.7. The van der Waals surface area contributed by atoms with Gasteiger partial charge >= 0.3 is 73.4 Å². The molecule has 0 bridgehead atoms. The Kier molecular flexibility index (Phi) is 14.2. The van der Waals surface area contributed by atoms with E-state index in [0.717, 1.165) is 5.56 Å². The summed E-state index contributed by atoms with van der Waals surface area (Å²) in [5.41, 5.74) is 1.12. The fraction of sp³-hybridized carbons (Fsp3) is 0.286. The fourth-order valence-corrected chi connectivity index (χ4v) is 3.16. The minimum atomic E-state index is -1.61. The van der Waals surface area contributed by atoms with Gasteiger partial charge in [-0.15, -0.1) is 0 Å². The van der Waals surface area contributed by atoms with Gasteiger partial charge in [0, 0.05) is 14.9 Å². The molecule has 1 aliphatic carbocycles. The molecular formula is C14H21Cl2Ru+. The van der Waals surface area contributed by atoms with E-state index in [1.54, 1.807) is 0 Å². The number of rotatable bonds is 1. The quantitative estimate of drug-likeness (QED) is 0.462. The van der Waals surface area contributed by atoms with E-state index in [4.69, 9.17) is 19.4 Å². The van der Waals surface area contributed by atoms with Crippen molar-refractivity contribution >= 4 is 24.0 Å². The zero-order chi connectivity index (χ0) is 10.9. The maximum atomic E-state index is 5.67. The van der Waals surface area contributed by atoms with E-state index in [1.807, 2.05) is 34.9 Å². The van der Waals surface area contributed by atoms with Crippen LogP contribution in [0.15, 0.2) is 30.3 Å². The van der Waals surface area contributed by atoms with Gasteiger partial charge in [0.05, 0.1) is 0 Å². The van der Waals surface area contributed by atoms with Crippen molar-refractivity contribution in [2.45, 2.75) is 25.7 Å². The van der Waals surface area contributed by atoms with E-state index in [9.17, 15) is 0 Å². The molecule has 0 amide bonds. The van der Waals surface area contributed by atoms with Crippen LogP contribution in [0.3, 0.4) is 0 Å². The predicted octanol–water partition coefficient (Wildman–Crippen LogP) is 5.43. The van der Waals surface area contributed by atoms with Crippen molar-refractivity contribution in [3.05, 3.63) is 57.2 Å². The summed E-state index contributed by atoms with van der Waals surface area (Å²) in [4.78, 5) is 0. The van der Waals surface area contributed by atoms with E-state index in [0.29, 0.717) is 0 Å². The van der Waals surface area contributed by atoms with Crippen LogP contribution in [0.5, 0.6) is 0 Å². The van der Waals surface area contributed by atoms with Gasteiger partial charge in [0.1, 0.15) is 0 Å². The van der Waals surface area contributed by atoms with E-state index >= 15 is 0 Å². The Morgan fingerprint density at radius 2 is 1.53 bits per heavy atom. The van der Waals surface area contributed by atoms with Crippen LogP contribution < -0.4 is 0 Å². The van der Waals surface area contributed by atoms with Crippen LogP contribution in [0.4, 0.5) is 0 Å². The van der Waals surface area contributed by atoms with Gasteiger partial charge in [-0.1, -0.05) is 12.8 Å². The molecule has 98 valence electrons. The molecule has 0 spiro atoms. The number of halogens is 2. The van der Waals surface area contributed by atoms with Crippen LogP contribution >= 0.6 is 19.4 Å². The third-order valence-corrected chi connectivity index (χ3v) is 3.93. The molecule has 0 saturated heterocycles. The number of hydrogen-bond acceptors (Lipinski definition) is 0. The summed E-state index contributed by atoms with van der Waals surface area (Å²) in [5.74, 6) is 0. The van der Waals surface area contributed by atoms with Crippen LogP contribution in [-0.2, 0) is 13.5 Å². The monoisotopic (exact) mass is 361 g/mol. The molecule has 1 aromatic rings. The normalized spacial score (nSPS) is 13.4. The third kappa shape index (κ3) is 10.9. The summed E-state index contributed by atoms with van der Waals surface area (Å²) in [5, 5.41) is 0. The van der Waals surface area contributed by atoms with Crippen LogP contribution in [0.2, 0.25) is 0 Å². The topological polar surface area (TPSA) is 0 Å². The number of hydrogen-bond donors (Lipinski definition) is 0. The molecule has 1 saturated carbocycles. The molecule has 0 radical (unpaired) electrons. The molecule has 0 heterocycles. The molecular weight excluding hydrogens is 340 g/mol. The van der Waals surface area contributed by atoms with Crippen LogP contribution in [0.25, 0.3) is 0 Å². The van der Waals surface area contributed by atoms with Crippen molar-refractivity contribution in [3.8, 4) is 0 Å². The number of benzene rings is 1. The van der Waals surface area contributed by atoms with Gasteiger partial charge in [-0.3, -0.25) is 0 Å². The Labute approximate surface area is 120 Å². The first kappa shape index (κ1) is 19.4. The average molecular weight is 361 g/mol. The van der Waals surface area contributed by atoms with Crippen molar-refractivity contribution in [2.75, 3.05) is 0 Å². The van der Waals surface area contributed by atoms with E-state index in [1.165, 1.54) is 25.7 Å². The van der Waals surface area contributed by atoms with Gasteiger partial charge in [0.2, 0.25) is 0 Å². The predicted molar refractivity (Wildman–Crippen MR) is 78.9 cm³/mol. The molecule has 1 aliphatic rings. The van der Waals surface area contributed by atoms with Crippen LogP contribution in [-0.4, -0.2) is 4.61 Å². The maximum absolute atomic E-state index is 5.67. The van der Waals surface area contributed by atoms with Crippen molar-refractivity contribution in [1.29, 1.82) is 0 Å². The summed E-state index contributed by atoms with van der Waals surface area (Å²) < 4.78 is 1.92. The molecule has 17 heavy (non-hydrogen) atoms. The van der Waals surface area contributed by atoms with Gasteiger partial charge in [-0.05, 0) is 0 Å². The van der Waals surface area contributed by atoms with Gasteiger partial charge in [-0.25, -0.2) is 0 Å². The molecule has 0 N–H and O–H groups in total.